The van der Waals surface area contributed by atoms with Gasteiger partial charge in [-0.25, -0.2) is 8.42 Å². The van der Waals surface area contributed by atoms with Crippen molar-refractivity contribution in [1.82, 2.24) is 4.31 Å². The van der Waals surface area contributed by atoms with E-state index in [2.05, 4.69) is 0 Å². The van der Waals surface area contributed by atoms with E-state index in [-0.39, 0.29) is 27.2 Å². The molecule has 0 atom stereocenters. The monoisotopic (exact) mass is 325 g/mol. The molecule has 1 aromatic rings. The first kappa shape index (κ1) is 16.0. The van der Waals surface area contributed by atoms with Crippen molar-refractivity contribution in [3.05, 3.63) is 22.2 Å². The minimum atomic E-state index is -4.01. The number of nitrogens with two attached hydrogens (primary N) is 2. The third-order valence-electron chi connectivity index (χ3n) is 2.32. The van der Waals surface area contributed by atoms with Crippen LogP contribution in [0.25, 0.3) is 0 Å². The van der Waals surface area contributed by atoms with Crippen LogP contribution in [0.2, 0.25) is 10.0 Å². The highest BCUT2D eigenvalue weighted by atomic mass is 35.5. The van der Waals surface area contributed by atoms with Crippen LogP contribution in [-0.4, -0.2) is 31.7 Å². The van der Waals surface area contributed by atoms with Crippen LogP contribution in [0.1, 0.15) is 6.92 Å². The number of likely N-dealkylation sites (N-methyl/N-ethyl adjacent to an activating group) is 1. The Labute approximate surface area is 121 Å². The number of hydrogen-bond donors (Lipinski definition) is 2. The van der Waals surface area contributed by atoms with Crippen molar-refractivity contribution >= 4 is 44.8 Å². The van der Waals surface area contributed by atoms with Gasteiger partial charge in [0.1, 0.15) is 4.90 Å². The molecule has 4 N–H and O–H groups in total. The molecule has 0 aliphatic carbocycles. The molecular formula is C10H13Cl2N3O3S. The number of halogens is 2. The van der Waals surface area contributed by atoms with Crippen LogP contribution in [-0.2, 0) is 14.8 Å². The molecule has 0 saturated heterocycles. The summed E-state index contributed by atoms with van der Waals surface area (Å²) in [4.78, 5) is 10.6. The number of benzene rings is 1. The second-order valence-corrected chi connectivity index (χ2v) is 6.42. The lowest BCUT2D eigenvalue weighted by atomic mass is 10.3. The standard InChI is InChI=1S/C10H13Cl2N3O3S/c1-2-15(5-9(14)16)19(17,18)10-7(12)3-6(11)4-8(10)13/h3-4H,2,5,13H2,1H3,(H2,14,16). The van der Waals surface area contributed by atoms with Crippen LogP contribution < -0.4 is 11.5 Å². The molecule has 1 rings (SSSR count). The number of nitrogens with zero attached hydrogens (tertiary/aromatic N) is 1. The van der Waals surface area contributed by atoms with Crippen LogP contribution in [0.4, 0.5) is 5.69 Å². The summed E-state index contributed by atoms with van der Waals surface area (Å²) in [5.74, 6) is -0.769. The Kier molecular flexibility index (Phi) is 5.03. The van der Waals surface area contributed by atoms with Crippen LogP contribution in [0, 0.1) is 0 Å². The summed E-state index contributed by atoms with van der Waals surface area (Å²) in [7, 11) is -4.01. The van der Waals surface area contributed by atoms with Gasteiger partial charge in [-0.05, 0) is 12.1 Å². The summed E-state index contributed by atoms with van der Waals surface area (Å²) in [6.07, 6.45) is 0. The summed E-state index contributed by atoms with van der Waals surface area (Å²) in [6, 6.07) is 2.54. The molecule has 0 heterocycles. The van der Waals surface area contributed by atoms with Gasteiger partial charge >= 0.3 is 0 Å². The van der Waals surface area contributed by atoms with Crippen molar-refractivity contribution in [3.63, 3.8) is 0 Å². The highest BCUT2D eigenvalue weighted by Gasteiger charge is 2.29. The molecule has 19 heavy (non-hydrogen) atoms. The van der Waals surface area contributed by atoms with Gasteiger partial charge in [0.15, 0.2) is 0 Å². The molecule has 0 bridgehead atoms. The molecule has 0 aliphatic heterocycles. The predicted molar refractivity (Wildman–Crippen MR) is 74.5 cm³/mol. The van der Waals surface area contributed by atoms with Gasteiger partial charge in [0.05, 0.1) is 17.3 Å². The van der Waals surface area contributed by atoms with Crippen LogP contribution in [0.3, 0.4) is 0 Å². The van der Waals surface area contributed by atoms with Crippen molar-refractivity contribution in [3.8, 4) is 0 Å². The molecule has 106 valence electrons. The number of carbonyl (C=O) groups is 1. The van der Waals surface area contributed by atoms with E-state index in [0.717, 1.165) is 4.31 Å². The Balaban J connectivity index is 3.38. The lowest BCUT2D eigenvalue weighted by Gasteiger charge is -2.20. The first-order valence-electron chi connectivity index (χ1n) is 5.23. The molecule has 0 aromatic heterocycles. The second kappa shape index (κ2) is 5.96. The van der Waals surface area contributed by atoms with Gasteiger partial charge in [-0.3, -0.25) is 4.79 Å². The number of sulfonamides is 1. The van der Waals surface area contributed by atoms with Crippen LogP contribution in [0.5, 0.6) is 0 Å². The van der Waals surface area contributed by atoms with Gasteiger partial charge in [0, 0.05) is 11.6 Å². The van der Waals surface area contributed by atoms with E-state index < -0.39 is 22.5 Å². The maximum atomic E-state index is 12.4. The molecule has 0 radical (unpaired) electrons. The van der Waals surface area contributed by atoms with Gasteiger partial charge in [-0.2, -0.15) is 4.31 Å². The van der Waals surface area contributed by atoms with Gasteiger partial charge < -0.3 is 11.5 Å². The summed E-state index contributed by atoms with van der Waals surface area (Å²) < 4.78 is 25.6. The summed E-state index contributed by atoms with van der Waals surface area (Å²) in [5.41, 5.74) is 10.6. The van der Waals surface area contributed by atoms with Crippen molar-refractivity contribution < 1.29 is 13.2 Å². The van der Waals surface area contributed by atoms with Gasteiger partial charge in [-0.15, -0.1) is 0 Å². The minimum Gasteiger partial charge on any atom is -0.398 e. The average molecular weight is 326 g/mol. The van der Waals surface area contributed by atoms with E-state index in [9.17, 15) is 13.2 Å². The largest absolute Gasteiger partial charge is 0.398 e. The molecule has 6 nitrogen and oxygen atoms in total. The zero-order valence-corrected chi connectivity index (χ0v) is 12.4. The Morgan fingerprint density at radius 3 is 2.37 bits per heavy atom. The third kappa shape index (κ3) is 3.50. The quantitative estimate of drug-likeness (QED) is 0.789. The normalized spacial score (nSPS) is 11.8. The fraction of sp³-hybridized carbons (Fsp3) is 0.300. The fourth-order valence-corrected chi connectivity index (χ4v) is 3.88. The molecule has 0 saturated carbocycles. The van der Waals surface area contributed by atoms with Crippen molar-refractivity contribution in [1.29, 1.82) is 0 Å². The number of hydrogen-bond acceptors (Lipinski definition) is 4. The SMILES string of the molecule is CCN(CC(N)=O)S(=O)(=O)c1c(N)cc(Cl)cc1Cl. The highest BCUT2D eigenvalue weighted by molar-refractivity contribution is 7.89. The Morgan fingerprint density at radius 2 is 1.95 bits per heavy atom. The Bertz CT molecular complexity index is 581. The second-order valence-electron chi connectivity index (χ2n) is 3.70. The van der Waals surface area contributed by atoms with E-state index in [1.807, 2.05) is 0 Å². The Morgan fingerprint density at radius 1 is 1.37 bits per heavy atom. The van der Waals surface area contributed by atoms with Gasteiger partial charge in [0.25, 0.3) is 0 Å². The highest BCUT2D eigenvalue weighted by Crippen LogP contribution is 2.33. The van der Waals surface area contributed by atoms with E-state index in [4.69, 9.17) is 34.7 Å². The van der Waals surface area contributed by atoms with Crippen molar-refractivity contribution in [2.75, 3.05) is 18.8 Å². The number of anilines is 1. The summed E-state index contributed by atoms with van der Waals surface area (Å²) >= 11 is 11.6. The maximum Gasteiger partial charge on any atom is 0.247 e. The lowest BCUT2D eigenvalue weighted by molar-refractivity contribution is -0.118. The van der Waals surface area contributed by atoms with Crippen LogP contribution in [0.15, 0.2) is 17.0 Å². The predicted octanol–water partition coefficient (Wildman–Crippen LogP) is 1.07. The maximum absolute atomic E-state index is 12.4. The summed E-state index contributed by atoms with van der Waals surface area (Å²) in [6.45, 7) is 1.18. The Hall–Kier alpha value is -1.02. The molecule has 1 amide bonds. The van der Waals surface area contributed by atoms with Crippen LogP contribution >= 0.6 is 23.2 Å². The smallest absolute Gasteiger partial charge is 0.247 e. The van der Waals surface area contributed by atoms with E-state index >= 15 is 0 Å². The third-order valence-corrected chi connectivity index (χ3v) is 4.99. The fourth-order valence-electron chi connectivity index (χ4n) is 1.52. The number of amides is 1. The lowest BCUT2D eigenvalue weighted by Crippen LogP contribution is -2.38. The van der Waals surface area contributed by atoms with Gasteiger partial charge in [-0.1, -0.05) is 30.1 Å². The average Bonchev–Trinajstić information content (AvgIpc) is 2.23. The number of primary amides is 1. The summed E-state index contributed by atoms with van der Waals surface area (Å²) in [5, 5.41) is 0.118. The van der Waals surface area contributed by atoms with Crippen molar-refractivity contribution in [2.24, 2.45) is 5.73 Å². The molecule has 9 heteroatoms. The zero-order chi connectivity index (χ0) is 14.8. The van der Waals surface area contributed by atoms with Gasteiger partial charge in [0.2, 0.25) is 15.9 Å². The first-order chi connectivity index (χ1) is 8.70. The molecule has 0 aliphatic rings. The molecule has 1 aromatic carbocycles. The molecule has 0 fully saturated rings. The number of carbonyl (C=O) groups excluding carboxylic acids is 1. The number of nitrogen functional groups attached to an aromatic ring is 1. The molecule has 0 spiro atoms. The zero-order valence-electron chi connectivity index (χ0n) is 10.1. The molecular weight excluding hydrogens is 313 g/mol. The van der Waals surface area contributed by atoms with Crippen molar-refractivity contribution in [2.45, 2.75) is 11.8 Å². The van der Waals surface area contributed by atoms with E-state index in [0.29, 0.717) is 0 Å². The van der Waals surface area contributed by atoms with E-state index in [1.165, 1.54) is 12.1 Å². The topological polar surface area (TPSA) is 106 Å². The molecule has 0 unspecified atom stereocenters. The number of rotatable bonds is 5. The first-order valence-corrected chi connectivity index (χ1v) is 7.42. The minimum absolute atomic E-state index is 0.0592. The van der Waals surface area contributed by atoms with E-state index in [1.54, 1.807) is 6.92 Å².